The van der Waals surface area contributed by atoms with Crippen molar-refractivity contribution in [1.29, 1.82) is 0 Å². The highest BCUT2D eigenvalue weighted by atomic mass is 16.5. The second-order valence-corrected chi connectivity index (χ2v) is 4.57. The number of hydrogen-bond donors (Lipinski definition) is 1. The summed E-state index contributed by atoms with van der Waals surface area (Å²) < 4.78 is 5.72. The molecule has 3 amide bonds. The molecule has 0 saturated heterocycles. The molecule has 5 heteroatoms. The lowest BCUT2D eigenvalue weighted by molar-refractivity contribution is -0.120. The minimum atomic E-state index is -0.788. The Kier molecular flexibility index (Phi) is 2.53. The molecule has 0 bridgehead atoms. The summed E-state index contributed by atoms with van der Waals surface area (Å²) in [6, 6.07) is 6.07. The van der Waals surface area contributed by atoms with Crippen LogP contribution in [0.5, 0.6) is 5.75 Å². The molecule has 0 fully saturated rings. The van der Waals surface area contributed by atoms with E-state index in [0.29, 0.717) is 11.4 Å². The van der Waals surface area contributed by atoms with Gasteiger partial charge in [0.15, 0.2) is 0 Å². The van der Waals surface area contributed by atoms with Gasteiger partial charge in [0.25, 0.3) is 0 Å². The van der Waals surface area contributed by atoms with Crippen LogP contribution in [-0.2, 0) is 4.79 Å². The molecule has 1 aromatic rings. The van der Waals surface area contributed by atoms with Gasteiger partial charge in [-0.3, -0.25) is 4.79 Å². The van der Waals surface area contributed by atoms with Crippen LogP contribution in [0, 0.1) is 0 Å². The van der Waals surface area contributed by atoms with Crippen molar-refractivity contribution in [2.45, 2.75) is 25.9 Å². The molecule has 17 heavy (non-hydrogen) atoms. The van der Waals surface area contributed by atoms with E-state index in [1.54, 1.807) is 38.1 Å². The van der Waals surface area contributed by atoms with Crippen LogP contribution in [0.15, 0.2) is 24.3 Å². The van der Waals surface area contributed by atoms with Gasteiger partial charge in [0.05, 0.1) is 12.1 Å². The standard InChI is InChI=1S/C12H14N2O3/c1-12(2)7-10(15)14(11(13)16)8-5-3-4-6-9(8)17-12/h3-6H,7H2,1-2H3,(H2,13,16). The Bertz CT molecular complexity index is 482. The highest BCUT2D eigenvalue weighted by Gasteiger charge is 2.35. The van der Waals surface area contributed by atoms with Gasteiger partial charge in [0, 0.05) is 0 Å². The zero-order chi connectivity index (χ0) is 12.6. The summed E-state index contributed by atoms with van der Waals surface area (Å²) in [5.41, 5.74) is 4.98. The number of nitrogens with zero attached hydrogens (tertiary/aromatic N) is 1. The van der Waals surface area contributed by atoms with Gasteiger partial charge < -0.3 is 10.5 Å². The third kappa shape index (κ3) is 2.08. The second kappa shape index (κ2) is 3.76. The van der Waals surface area contributed by atoms with E-state index in [1.165, 1.54) is 0 Å². The average Bonchev–Trinajstić information content (AvgIpc) is 2.28. The van der Waals surface area contributed by atoms with Crippen LogP contribution in [0.1, 0.15) is 20.3 Å². The fraction of sp³-hybridized carbons (Fsp3) is 0.333. The van der Waals surface area contributed by atoms with E-state index in [0.717, 1.165) is 4.90 Å². The molecule has 0 aromatic heterocycles. The maximum absolute atomic E-state index is 12.0. The number of imide groups is 1. The first kappa shape index (κ1) is 11.4. The minimum absolute atomic E-state index is 0.102. The van der Waals surface area contributed by atoms with Crippen molar-refractivity contribution in [1.82, 2.24) is 0 Å². The van der Waals surface area contributed by atoms with Crippen LogP contribution in [0.25, 0.3) is 0 Å². The maximum Gasteiger partial charge on any atom is 0.326 e. The maximum atomic E-state index is 12.0. The molecule has 90 valence electrons. The molecule has 0 aliphatic carbocycles. The lowest BCUT2D eigenvalue weighted by atomic mass is 10.0. The summed E-state index contributed by atoms with van der Waals surface area (Å²) in [4.78, 5) is 24.3. The largest absolute Gasteiger partial charge is 0.485 e. The van der Waals surface area contributed by atoms with Gasteiger partial charge >= 0.3 is 6.03 Å². The fourth-order valence-electron chi connectivity index (χ4n) is 1.88. The Morgan fingerprint density at radius 1 is 1.41 bits per heavy atom. The zero-order valence-electron chi connectivity index (χ0n) is 9.77. The number of fused-ring (bicyclic) bond motifs is 1. The number of benzene rings is 1. The third-order valence-electron chi connectivity index (χ3n) is 2.54. The van der Waals surface area contributed by atoms with Gasteiger partial charge in [0.2, 0.25) is 5.91 Å². The molecule has 0 spiro atoms. The Labute approximate surface area is 99.2 Å². The van der Waals surface area contributed by atoms with Gasteiger partial charge in [-0.2, -0.15) is 0 Å². The smallest absolute Gasteiger partial charge is 0.326 e. The van der Waals surface area contributed by atoms with Crippen molar-refractivity contribution < 1.29 is 14.3 Å². The highest BCUT2D eigenvalue weighted by molar-refractivity contribution is 6.15. The summed E-state index contributed by atoms with van der Waals surface area (Å²) in [6.07, 6.45) is 0.102. The monoisotopic (exact) mass is 234 g/mol. The first-order valence-corrected chi connectivity index (χ1v) is 5.31. The van der Waals surface area contributed by atoms with Crippen LogP contribution in [0.2, 0.25) is 0 Å². The predicted octanol–water partition coefficient (Wildman–Crippen LogP) is 1.66. The Morgan fingerprint density at radius 2 is 2.06 bits per heavy atom. The van der Waals surface area contributed by atoms with Crippen molar-refractivity contribution >= 4 is 17.6 Å². The van der Waals surface area contributed by atoms with Crippen molar-refractivity contribution in [3.8, 4) is 5.75 Å². The number of carbonyl (C=O) groups excluding carboxylic acids is 2. The molecule has 1 heterocycles. The second-order valence-electron chi connectivity index (χ2n) is 4.57. The number of para-hydroxylation sites is 2. The molecule has 0 unspecified atom stereocenters. The van der Waals surface area contributed by atoms with E-state index in [1.807, 2.05) is 0 Å². The molecule has 1 aromatic carbocycles. The molecule has 2 rings (SSSR count). The van der Waals surface area contributed by atoms with Crippen LogP contribution in [-0.4, -0.2) is 17.5 Å². The summed E-state index contributed by atoms with van der Waals surface area (Å²) in [5.74, 6) is 0.134. The number of anilines is 1. The first-order valence-electron chi connectivity index (χ1n) is 5.31. The average molecular weight is 234 g/mol. The van der Waals surface area contributed by atoms with E-state index >= 15 is 0 Å². The SMILES string of the molecule is CC1(C)CC(=O)N(C(N)=O)c2ccccc2O1. The van der Waals surface area contributed by atoms with E-state index < -0.39 is 11.6 Å². The molecular formula is C12H14N2O3. The van der Waals surface area contributed by atoms with Gasteiger partial charge in [-0.1, -0.05) is 12.1 Å². The molecule has 0 radical (unpaired) electrons. The topological polar surface area (TPSA) is 72.6 Å². The van der Waals surface area contributed by atoms with Gasteiger partial charge in [0.1, 0.15) is 11.4 Å². The van der Waals surface area contributed by atoms with E-state index in [2.05, 4.69) is 0 Å². The molecule has 2 N–H and O–H groups in total. The van der Waals surface area contributed by atoms with Crippen molar-refractivity contribution in [3.63, 3.8) is 0 Å². The Hall–Kier alpha value is -2.04. The van der Waals surface area contributed by atoms with Crippen LogP contribution < -0.4 is 15.4 Å². The van der Waals surface area contributed by atoms with Crippen LogP contribution in [0.4, 0.5) is 10.5 Å². The van der Waals surface area contributed by atoms with Crippen molar-refractivity contribution in [2.24, 2.45) is 5.73 Å². The number of nitrogens with two attached hydrogens (primary N) is 1. The lowest BCUT2D eigenvalue weighted by Crippen LogP contribution is -2.42. The van der Waals surface area contributed by atoms with Crippen LogP contribution >= 0.6 is 0 Å². The zero-order valence-corrected chi connectivity index (χ0v) is 9.77. The molecule has 0 saturated carbocycles. The number of urea groups is 1. The molecule has 0 atom stereocenters. The molecular weight excluding hydrogens is 220 g/mol. The Balaban J connectivity index is 2.57. The van der Waals surface area contributed by atoms with E-state index in [-0.39, 0.29) is 12.3 Å². The number of amides is 3. The molecule has 1 aliphatic heterocycles. The molecule has 5 nitrogen and oxygen atoms in total. The van der Waals surface area contributed by atoms with Gasteiger partial charge in [-0.15, -0.1) is 0 Å². The van der Waals surface area contributed by atoms with Crippen molar-refractivity contribution in [2.75, 3.05) is 4.90 Å². The number of primary amides is 1. The number of ether oxygens (including phenoxy) is 1. The number of hydrogen-bond acceptors (Lipinski definition) is 3. The third-order valence-corrected chi connectivity index (χ3v) is 2.54. The first-order chi connectivity index (χ1) is 7.91. The van der Waals surface area contributed by atoms with E-state index in [9.17, 15) is 9.59 Å². The normalized spacial score (nSPS) is 18.0. The van der Waals surface area contributed by atoms with Gasteiger partial charge in [-0.25, -0.2) is 9.69 Å². The quantitative estimate of drug-likeness (QED) is 0.742. The van der Waals surface area contributed by atoms with Crippen LogP contribution in [0.3, 0.4) is 0 Å². The predicted molar refractivity (Wildman–Crippen MR) is 62.8 cm³/mol. The lowest BCUT2D eigenvalue weighted by Gasteiger charge is -2.22. The minimum Gasteiger partial charge on any atom is -0.485 e. The van der Waals surface area contributed by atoms with Crippen molar-refractivity contribution in [3.05, 3.63) is 24.3 Å². The summed E-state index contributed by atoms with van der Waals surface area (Å²) >= 11 is 0. The summed E-state index contributed by atoms with van der Waals surface area (Å²) in [5, 5.41) is 0. The highest BCUT2D eigenvalue weighted by Crippen LogP contribution is 2.35. The Morgan fingerprint density at radius 3 is 2.71 bits per heavy atom. The molecule has 1 aliphatic rings. The van der Waals surface area contributed by atoms with E-state index in [4.69, 9.17) is 10.5 Å². The number of rotatable bonds is 0. The summed E-state index contributed by atoms with van der Waals surface area (Å²) in [7, 11) is 0. The fourth-order valence-corrected chi connectivity index (χ4v) is 1.88. The summed E-state index contributed by atoms with van der Waals surface area (Å²) in [6.45, 7) is 3.60. The van der Waals surface area contributed by atoms with Gasteiger partial charge in [-0.05, 0) is 26.0 Å². The number of carbonyl (C=O) groups is 2.